The van der Waals surface area contributed by atoms with Gasteiger partial charge in [-0.1, -0.05) is 79.2 Å². The Labute approximate surface area is 370 Å². The number of esters is 2. The van der Waals surface area contributed by atoms with Crippen molar-refractivity contribution < 1.29 is 37.6 Å². The minimum absolute atomic E-state index is 0.0409. The number of methoxy groups -OCH3 is 1. The molecule has 0 bridgehead atoms. The Kier molecular flexibility index (Phi) is 15.4. The van der Waals surface area contributed by atoms with E-state index in [2.05, 4.69) is 68.0 Å². The van der Waals surface area contributed by atoms with Crippen molar-refractivity contribution >= 4 is 37.4 Å². The van der Waals surface area contributed by atoms with Crippen LogP contribution in [0.15, 0.2) is 97.6 Å². The molecule has 63 heavy (non-hydrogen) atoms. The van der Waals surface area contributed by atoms with Crippen molar-refractivity contribution in [3.63, 3.8) is 0 Å². The smallest absolute Gasteiger partial charge is 0.417 e. The van der Waals surface area contributed by atoms with E-state index in [0.29, 0.717) is 23.4 Å². The van der Waals surface area contributed by atoms with Crippen molar-refractivity contribution in [3.8, 4) is 11.8 Å². The van der Waals surface area contributed by atoms with Crippen LogP contribution in [0.4, 0.5) is 5.82 Å². The summed E-state index contributed by atoms with van der Waals surface area (Å²) in [7, 11) is -0.0593. The first-order chi connectivity index (χ1) is 30.6. The van der Waals surface area contributed by atoms with E-state index in [1.807, 2.05) is 65.2 Å². The zero-order valence-electron chi connectivity index (χ0n) is 36.5. The number of rotatable bonds is 18. The van der Waals surface area contributed by atoms with E-state index >= 15 is 0 Å². The van der Waals surface area contributed by atoms with Crippen LogP contribution >= 0.6 is 8.53 Å². The minimum atomic E-state index is -1.70. The standard InChI is InChI=1S/C47H56N7O8P/c1-32(2)54(33(3)4)63(59-27-15-26-48)62-39-28-41(61-40(39)29-58-45(55)46(56)60-38-20-13-8-14-21-38)53-31-51-42-43(49-30-50-44(42)53)52-47(34-16-9-6-10-17-34,35-18-11-7-12-19-35)36-22-24-37(57-5)25-23-36/h6-7,9-12,16-19,22-25,30-33,38-41H,8,13-15,20-21,27-29H2,1-5H3,(H,49,50,52)/t39?,40-,41-,63?/m1/s1. The van der Waals surface area contributed by atoms with Crippen molar-refractivity contribution in [1.29, 1.82) is 5.26 Å². The van der Waals surface area contributed by atoms with Gasteiger partial charge in [0, 0.05) is 18.5 Å². The first-order valence-corrected chi connectivity index (χ1v) is 22.8. The summed E-state index contributed by atoms with van der Waals surface area (Å²) in [6.07, 6.45) is 5.58. The number of hydrogen-bond acceptors (Lipinski definition) is 14. The number of imidazole rings is 1. The number of nitrogens with one attached hydrogen (secondary N) is 1. The molecule has 7 rings (SSSR count). The lowest BCUT2D eigenvalue weighted by Crippen LogP contribution is -2.38. The Bertz CT molecular complexity index is 2250. The zero-order chi connectivity index (χ0) is 44.3. The average molecular weight is 878 g/mol. The molecule has 0 amide bonds. The predicted molar refractivity (Wildman–Crippen MR) is 237 cm³/mol. The summed E-state index contributed by atoms with van der Waals surface area (Å²) in [5.74, 6) is -0.894. The lowest BCUT2D eigenvalue weighted by molar-refractivity contribution is -0.174. The third kappa shape index (κ3) is 10.5. The average Bonchev–Trinajstić information content (AvgIpc) is 3.92. The number of carbonyl (C=O) groups is 2. The number of nitriles is 1. The molecule has 332 valence electrons. The molecule has 1 saturated carbocycles. The van der Waals surface area contributed by atoms with Gasteiger partial charge in [0.2, 0.25) is 0 Å². The summed E-state index contributed by atoms with van der Waals surface area (Å²) in [6, 6.07) is 30.5. The molecule has 0 radical (unpaired) electrons. The maximum absolute atomic E-state index is 13.0. The van der Waals surface area contributed by atoms with E-state index in [9.17, 15) is 14.9 Å². The van der Waals surface area contributed by atoms with Crippen LogP contribution in [-0.4, -0.2) is 86.8 Å². The summed E-state index contributed by atoms with van der Waals surface area (Å²) < 4.78 is 40.3. The molecular weight excluding hydrogens is 822 g/mol. The fourth-order valence-electron chi connectivity index (χ4n) is 8.41. The van der Waals surface area contributed by atoms with Gasteiger partial charge in [-0.15, -0.1) is 0 Å². The highest BCUT2D eigenvalue weighted by Gasteiger charge is 2.43. The highest BCUT2D eigenvalue weighted by molar-refractivity contribution is 7.44. The first kappa shape index (κ1) is 45.5. The van der Waals surface area contributed by atoms with Crippen molar-refractivity contribution in [3.05, 3.63) is 114 Å². The van der Waals surface area contributed by atoms with Gasteiger partial charge in [-0.3, -0.25) is 4.57 Å². The molecule has 2 aromatic heterocycles. The Hall–Kier alpha value is -5.49. The van der Waals surface area contributed by atoms with Crippen molar-refractivity contribution in [2.45, 2.75) is 115 Å². The van der Waals surface area contributed by atoms with Crippen LogP contribution < -0.4 is 10.1 Å². The second kappa shape index (κ2) is 21.3. The second-order valence-corrected chi connectivity index (χ2v) is 17.6. The molecule has 1 aliphatic carbocycles. The van der Waals surface area contributed by atoms with Gasteiger partial charge < -0.3 is 33.3 Å². The van der Waals surface area contributed by atoms with Crippen molar-refractivity contribution in [1.82, 2.24) is 24.2 Å². The number of hydrogen-bond donors (Lipinski definition) is 1. The molecule has 2 aliphatic rings. The van der Waals surface area contributed by atoms with Crippen molar-refractivity contribution in [2.24, 2.45) is 0 Å². The van der Waals surface area contributed by atoms with E-state index < -0.39 is 44.4 Å². The molecule has 15 nitrogen and oxygen atoms in total. The van der Waals surface area contributed by atoms with Gasteiger partial charge >= 0.3 is 11.9 Å². The van der Waals surface area contributed by atoms with E-state index in [1.165, 1.54) is 6.33 Å². The van der Waals surface area contributed by atoms with Crippen LogP contribution in [0, 0.1) is 11.3 Å². The van der Waals surface area contributed by atoms with E-state index in [4.69, 9.17) is 42.9 Å². The molecule has 5 aromatic rings. The molecule has 2 unspecified atom stereocenters. The van der Waals surface area contributed by atoms with Gasteiger partial charge in [0.1, 0.15) is 42.7 Å². The maximum Gasteiger partial charge on any atom is 0.417 e. The normalized spacial score (nSPS) is 18.7. The SMILES string of the molecule is COc1ccc(C(Nc2ncnc3c2ncn3[C@H]2CC(OP(OCCC#N)N(C(C)C)C(C)C)[C@@H](COC(=O)C(=O)OC3CCCCC3)O2)(c2ccccc2)c2ccccc2)cc1. The second-order valence-electron chi connectivity index (χ2n) is 16.2. The molecule has 1 N–H and O–H groups in total. The van der Waals surface area contributed by atoms with Gasteiger partial charge in [0.05, 0.1) is 38.6 Å². The Balaban J connectivity index is 1.22. The van der Waals surface area contributed by atoms with Gasteiger partial charge in [-0.2, -0.15) is 5.26 Å². The molecule has 4 atom stereocenters. The van der Waals surface area contributed by atoms with Gasteiger partial charge in [0.15, 0.2) is 17.0 Å². The molecular formula is C47H56N7O8P. The summed E-state index contributed by atoms with van der Waals surface area (Å²) >= 11 is 0. The molecule has 1 saturated heterocycles. The van der Waals surface area contributed by atoms with Crippen LogP contribution in [0.1, 0.15) is 95.6 Å². The number of aromatic nitrogens is 4. The summed E-state index contributed by atoms with van der Waals surface area (Å²) in [4.78, 5) is 40.2. The fourth-order valence-corrected chi connectivity index (χ4v) is 10.2. The fraction of sp³-hybridized carbons (Fsp3) is 0.447. The Morgan fingerprint density at radius 1 is 0.905 bits per heavy atom. The molecule has 16 heteroatoms. The number of benzene rings is 3. The van der Waals surface area contributed by atoms with Gasteiger partial charge in [-0.25, -0.2) is 29.2 Å². The lowest BCUT2D eigenvalue weighted by Gasteiger charge is -2.37. The van der Waals surface area contributed by atoms with Gasteiger partial charge in [0.25, 0.3) is 8.53 Å². The number of nitrogens with zero attached hydrogens (tertiary/aromatic N) is 6. The van der Waals surface area contributed by atoms with Crippen LogP contribution in [-0.2, 0) is 38.4 Å². The lowest BCUT2D eigenvalue weighted by atomic mass is 9.77. The summed E-state index contributed by atoms with van der Waals surface area (Å²) in [5.41, 5.74) is 2.94. The largest absolute Gasteiger partial charge is 0.497 e. The highest BCUT2D eigenvalue weighted by atomic mass is 31.2. The summed E-state index contributed by atoms with van der Waals surface area (Å²) in [5, 5.41) is 13.1. The maximum atomic E-state index is 13.0. The molecule has 3 aromatic carbocycles. The molecule has 0 spiro atoms. The number of ether oxygens (including phenoxy) is 4. The summed E-state index contributed by atoms with van der Waals surface area (Å²) in [6.45, 7) is 8.11. The quantitative estimate of drug-likeness (QED) is 0.0292. The molecule has 1 aliphatic heterocycles. The minimum Gasteiger partial charge on any atom is -0.497 e. The topological polar surface area (TPSA) is 172 Å². The first-order valence-electron chi connectivity index (χ1n) is 21.6. The van der Waals surface area contributed by atoms with E-state index in [1.54, 1.807) is 13.4 Å². The van der Waals surface area contributed by atoms with E-state index in [0.717, 1.165) is 54.5 Å². The third-order valence-corrected chi connectivity index (χ3v) is 13.5. The number of anilines is 1. The van der Waals surface area contributed by atoms with Crippen LogP contribution in [0.2, 0.25) is 0 Å². The number of carbonyl (C=O) groups excluding carboxylic acids is 2. The zero-order valence-corrected chi connectivity index (χ0v) is 37.4. The highest BCUT2D eigenvalue weighted by Crippen LogP contribution is 2.50. The van der Waals surface area contributed by atoms with Crippen molar-refractivity contribution in [2.75, 3.05) is 25.6 Å². The van der Waals surface area contributed by atoms with Crippen LogP contribution in [0.3, 0.4) is 0 Å². The van der Waals surface area contributed by atoms with Crippen LogP contribution in [0.5, 0.6) is 5.75 Å². The van der Waals surface area contributed by atoms with E-state index in [-0.39, 0.29) is 37.8 Å². The molecule has 3 heterocycles. The Morgan fingerprint density at radius 2 is 1.56 bits per heavy atom. The number of fused-ring (bicyclic) bond motifs is 1. The Morgan fingerprint density at radius 3 is 2.17 bits per heavy atom. The third-order valence-electron chi connectivity index (χ3n) is 11.4. The van der Waals surface area contributed by atoms with Crippen LogP contribution in [0.25, 0.3) is 11.2 Å². The predicted octanol–water partition coefficient (Wildman–Crippen LogP) is 8.61. The monoisotopic (exact) mass is 877 g/mol. The van der Waals surface area contributed by atoms with Gasteiger partial charge in [-0.05, 0) is 82.2 Å². The molecule has 2 fully saturated rings.